The molecule has 0 aliphatic heterocycles. The second-order valence-corrected chi connectivity index (χ2v) is 11.0. The lowest BCUT2D eigenvalue weighted by Gasteiger charge is -2.21. The molecule has 14 heteroatoms. The molecule has 0 saturated heterocycles. The molecule has 34 heavy (non-hydrogen) atoms. The molecule has 2 rings (SSSR count). The number of nitro groups is 2. The average molecular weight is 517 g/mol. The number of nitro benzene ring substituents is 2. The van der Waals surface area contributed by atoms with Gasteiger partial charge in [-0.25, -0.2) is 0 Å². The zero-order valence-electron chi connectivity index (χ0n) is 18.8. The standard InChI is InChI=1S/C20H24N2O10S2/c1-13-5-7-15(11-17(13)21(23)24)19(31-33(3,27)28)9-10-20(32-34(4,29)30)16-8-6-14(2)18(12-16)22(25)26/h5-8,11-12,19-20H,9-10H2,1-4H3. The first-order valence-corrected chi connectivity index (χ1v) is 13.5. The molecule has 0 radical (unpaired) electrons. The molecule has 0 spiro atoms. The van der Waals surface area contributed by atoms with Crippen molar-refractivity contribution in [2.75, 3.05) is 12.5 Å². The maximum absolute atomic E-state index is 11.8. The third kappa shape index (κ3) is 7.83. The Morgan fingerprint density at radius 1 is 0.735 bits per heavy atom. The van der Waals surface area contributed by atoms with Gasteiger partial charge in [0, 0.05) is 23.3 Å². The van der Waals surface area contributed by atoms with Crippen molar-refractivity contribution in [1.82, 2.24) is 0 Å². The zero-order chi connectivity index (χ0) is 25.8. The van der Waals surface area contributed by atoms with Gasteiger partial charge in [-0.15, -0.1) is 0 Å². The lowest BCUT2D eigenvalue weighted by atomic mass is 9.97. The molecule has 0 saturated carbocycles. The summed E-state index contributed by atoms with van der Waals surface area (Å²) < 4.78 is 57.6. The second kappa shape index (κ2) is 10.5. The van der Waals surface area contributed by atoms with E-state index in [4.69, 9.17) is 8.37 Å². The van der Waals surface area contributed by atoms with E-state index in [1.165, 1.54) is 50.2 Å². The minimum absolute atomic E-state index is 0.130. The molecule has 186 valence electrons. The van der Waals surface area contributed by atoms with Crippen LogP contribution >= 0.6 is 0 Å². The summed E-state index contributed by atoms with van der Waals surface area (Å²) in [5.74, 6) is 0. The summed E-state index contributed by atoms with van der Waals surface area (Å²) in [7, 11) is -8.01. The van der Waals surface area contributed by atoms with Crippen LogP contribution < -0.4 is 0 Å². The SMILES string of the molecule is Cc1ccc(C(CCC(OS(C)(=O)=O)c2ccc(C)c([N+](=O)[O-])c2)OS(C)(=O)=O)cc1[N+](=O)[O-]. The summed E-state index contributed by atoms with van der Waals surface area (Å²) in [4.78, 5) is 21.4. The second-order valence-electron chi connectivity index (χ2n) is 7.76. The molecule has 0 N–H and O–H groups in total. The van der Waals surface area contributed by atoms with Crippen molar-refractivity contribution in [3.05, 3.63) is 78.9 Å². The van der Waals surface area contributed by atoms with Crippen LogP contribution in [-0.4, -0.2) is 39.2 Å². The number of hydrogen-bond donors (Lipinski definition) is 0. The Bertz CT molecular complexity index is 1210. The highest BCUT2D eigenvalue weighted by atomic mass is 32.2. The van der Waals surface area contributed by atoms with Gasteiger partial charge >= 0.3 is 0 Å². The molecule has 0 heterocycles. The first-order valence-electron chi connectivity index (χ1n) is 9.84. The van der Waals surface area contributed by atoms with E-state index in [0.29, 0.717) is 11.1 Å². The predicted molar refractivity (Wildman–Crippen MR) is 122 cm³/mol. The monoisotopic (exact) mass is 516 g/mol. The van der Waals surface area contributed by atoms with Crippen LogP contribution in [0.1, 0.15) is 47.3 Å². The molecular weight excluding hydrogens is 492 g/mol. The number of rotatable bonds is 11. The minimum Gasteiger partial charge on any atom is -0.262 e. The fraction of sp³-hybridized carbons (Fsp3) is 0.400. The van der Waals surface area contributed by atoms with Crippen molar-refractivity contribution in [2.45, 2.75) is 38.9 Å². The molecule has 0 aromatic heterocycles. The van der Waals surface area contributed by atoms with E-state index in [0.717, 1.165) is 12.5 Å². The topological polar surface area (TPSA) is 173 Å². The molecular formula is C20H24N2O10S2. The summed E-state index contributed by atoms with van der Waals surface area (Å²) in [6, 6.07) is 8.21. The first kappa shape index (κ1) is 27.3. The summed E-state index contributed by atoms with van der Waals surface area (Å²) in [6.07, 6.45) is -1.02. The molecule has 0 aliphatic rings. The molecule has 2 aromatic rings. The number of nitrogens with zero attached hydrogens (tertiary/aromatic N) is 2. The van der Waals surface area contributed by atoms with E-state index >= 15 is 0 Å². The van der Waals surface area contributed by atoms with Crippen LogP contribution in [0.5, 0.6) is 0 Å². The van der Waals surface area contributed by atoms with E-state index in [9.17, 15) is 37.1 Å². The van der Waals surface area contributed by atoms with Gasteiger partial charge in [0.1, 0.15) is 12.2 Å². The van der Waals surface area contributed by atoms with Crippen LogP contribution in [-0.2, 0) is 28.6 Å². The first-order chi connectivity index (χ1) is 15.6. The fourth-order valence-electron chi connectivity index (χ4n) is 3.31. The summed E-state index contributed by atoms with van der Waals surface area (Å²) in [6.45, 7) is 3.04. The third-order valence-electron chi connectivity index (χ3n) is 4.88. The molecule has 0 amide bonds. The predicted octanol–water partition coefficient (Wildman–Crippen LogP) is 3.63. The number of benzene rings is 2. The normalized spacial score (nSPS) is 13.9. The molecule has 2 atom stereocenters. The Kier molecular flexibility index (Phi) is 8.47. The third-order valence-corrected chi connectivity index (χ3v) is 6.04. The van der Waals surface area contributed by atoms with Crippen molar-refractivity contribution in [3.63, 3.8) is 0 Å². The maximum Gasteiger partial charge on any atom is 0.272 e. The Hall–Kier alpha value is -2.94. The van der Waals surface area contributed by atoms with Gasteiger partial charge in [-0.05, 0) is 37.8 Å². The molecule has 12 nitrogen and oxygen atoms in total. The van der Waals surface area contributed by atoms with Crippen LogP contribution in [0.15, 0.2) is 36.4 Å². The van der Waals surface area contributed by atoms with E-state index in [1.54, 1.807) is 0 Å². The Labute approximate surface area is 197 Å². The van der Waals surface area contributed by atoms with E-state index in [2.05, 4.69) is 0 Å². The van der Waals surface area contributed by atoms with Gasteiger partial charge in [-0.2, -0.15) is 16.8 Å². The highest BCUT2D eigenvalue weighted by molar-refractivity contribution is 7.86. The van der Waals surface area contributed by atoms with Crippen LogP contribution in [0.2, 0.25) is 0 Å². The van der Waals surface area contributed by atoms with Crippen molar-refractivity contribution >= 4 is 31.6 Å². The van der Waals surface area contributed by atoms with Gasteiger partial charge in [-0.3, -0.25) is 28.6 Å². The van der Waals surface area contributed by atoms with Gasteiger partial charge in [-0.1, -0.05) is 24.3 Å². The maximum atomic E-state index is 11.8. The van der Waals surface area contributed by atoms with Crippen LogP contribution in [0.3, 0.4) is 0 Å². The van der Waals surface area contributed by atoms with Crippen LogP contribution in [0.4, 0.5) is 11.4 Å². The zero-order valence-corrected chi connectivity index (χ0v) is 20.5. The van der Waals surface area contributed by atoms with Gasteiger partial charge in [0.15, 0.2) is 0 Å². The molecule has 0 fully saturated rings. The quantitative estimate of drug-likeness (QED) is 0.244. The van der Waals surface area contributed by atoms with Crippen LogP contribution in [0, 0.1) is 34.1 Å². The van der Waals surface area contributed by atoms with Crippen molar-refractivity contribution < 1.29 is 35.0 Å². The summed E-state index contributed by atoms with van der Waals surface area (Å²) in [5.41, 5.74) is 0.621. The van der Waals surface area contributed by atoms with E-state index < -0.39 is 42.3 Å². The highest BCUT2D eigenvalue weighted by Gasteiger charge is 2.26. The molecule has 0 bridgehead atoms. The Balaban J connectivity index is 2.46. The summed E-state index contributed by atoms with van der Waals surface area (Å²) >= 11 is 0. The van der Waals surface area contributed by atoms with Crippen molar-refractivity contribution in [3.8, 4) is 0 Å². The smallest absolute Gasteiger partial charge is 0.262 e. The van der Waals surface area contributed by atoms with Crippen molar-refractivity contribution in [1.29, 1.82) is 0 Å². The Morgan fingerprint density at radius 3 is 1.32 bits per heavy atom. The molecule has 2 aromatic carbocycles. The van der Waals surface area contributed by atoms with Gasteiger partial charge < -0.3 is 0 Å². The number of hydrogen-bond acceptors (Lipinski definition) is 10. The lowest BCUT2D eigenvalue weighted by molar-refractivity contribution is -0.385. The largest absolute Gasteiger partial charge is 0.272 e. The van der Waals surface area contributed by atoms with Crippen molar-refractivity contribution in [2.24, 2.45) is 0 Å². The Morgan fingerprint density at radius 2 is 1.06 bits per heavy atom. The lowest BCUT2D eigenvalue weighted by Crippen LogP contribution is -2.15. The van der Waals surface area contributed by atoms with Crippen LogP contribution in [0.25, 0.3) is 0 Å². The van der Waals surface area contributed by atoms with Gasteiger partial charge in [0.2, 0.25) is 0 Å². The van der Waals surface area contributed by atoms with Gasteiger partial charge in [0.05, 0.1) is 22.4 Å². The number of aryl methyl sites for hydroxylation is 2. The fourth-order valence-corrected chi connectivity index (χ4v) is 4.57. The van der Waals surface area contributed by atoms with E-state index in [-0.39, 0.29) is 35.3 Å². The molecule has 0 aliphatic carbocycles. The average Bonchev–Trinajstić information content (AvgIpc) is 2.68. The molecule has 2 unspecified atom stereocenters. The summed E-state index contributed by atoms with van der Waals surface area (Å²) in [5, 5.41) is 22.6. The minimum atomic E-state index is -4.00. The van der Waals surface area contributed by atoms with E-state index in [1.807, 2.05) is 0 Å². The highest BCUT2D eigenvalue weighted by Crippen LogP contribution is 2.35. The van der Waals surface area contributed by atoms with Gasteiger partial charge in [0.25, 0.3) is 31.6 Å².